The Morgan fingerprint density at radius 3 is 2.95 bits per heavy atom. The lowest BCUT2D eigenvalue weighted by Crippen LogP contribution is -2.42. The molecule has 6 heteroatoms. The highest BCUT2D eigenvalue weighted by Crippen LogP contribution is 2.32. The lowest BCUT2D eigenvalue weighted by atomic mass is 10.2. The summed E-state index contributed by atoms with van der Waals surface area (Å²) in [5.74, 6) is 1.04. The summed E-state index contributed by atoms with van der Waals surface area (Å²) in [6, 6.07) is 8.93. The second kappa shape index (κ2) is 5.32. The SMILES string of the molecule is Cc1ccc[n+](O)c1C(=O)NCc1ccc2c(c1)OCO2. The zero-order valence-electron chi connectivity index (χ0n) is 11.5. The van der Waals surface area contributed by atoms with Gasteiger partial charge in [-0.15, -0.1) is 0 Å². The van der Waals surface area contributed by atoms with E-state index in [2.05, 4.69) is 5.32 Å². The number of aryl methyl sites for hydroxylation is 1. The third kappa shape index (κ3) is 2.60. The number of hydrogen-bond donors (Lipinski definition) is 2. The lowest BCUT2D eigenvalue weighted by Gasteiger charge is -2.05. The summed E-state index contributed by atoms with van der Waals surface area (Å²) < 4.78 is 11.3. The number of hydrogen-bond acceptors (Lipinski definition) is 4. The number of fused-ring (bicyclic) bond motifs is 1. The van der Waals surface area contributed by atoms with Gasteiger partial charge in [-0.05, 0) is 30.7 Å². The first-order valence-electron chi connectivity index (χ1n) is 6.52. The van der Waals surface area contributed by atoms with E-state index in [1.54, 1.807) is 19.1 Å². The zero-order chi connectivity index (χ0) is 14.8. The second-order valence-corrected chi connectivity index (χ2v) is 4.75. The Hall–Kier alpha value is -2.76. The number of rotatable bonds is 3. The van der Waals surface area contributed by atoms with Crippen LogP contribution in [0.5, 0.6) is 11.5 Å². The van der Waals surface area contributed by atoms with Crippen molar-refractivity contribution >= 4 is 5.91 Å². The van der Waals surface area contributed by atoms with Crippen LogP contribution in [-0.4, -0.2) is 17.9 Å². The maximum Gasteiger partial charge on any atom is 0.324 e. The van der Waals surface area contributed by atoms with Crippen molar-refractivity contribution in [2.24, 2.45) is 0 Å². The van der Waals surface area contributed by atoms with Crippen molar-refractivity contribution in [3.8, 4) is 11.5 Å². The van der Waals surface area contributed by atoms with E-state index >= 15 is 0 Å². The quantitative estimate of drug-likeness (QED) is 0.657. The first-order valence-corrected chi connectivity index (χ1v) is 6.52. The molecule has 1 amide bonds. The van der Waals surface area contributed by atoms with Crippen LogP contribution in [0.2, 0.25) is 0 Å². The summed E-state index contributed by atoms with van der Waals surface area (Å²) in [5.41, 5.74) is 1.81. The molecule has 2 heterocycles. The number of carbonyl (C=O) groups excluding carboxylic acids is 1. The molecule has 0 unspecified atom stereocenters. The molecule has 1 aromatic carbocycles. The van der Waals surface area contributed by atoms with E-state index in [9.17, 15) is 10.0 Å². The molecule has 2 N–H and O–H groups in total. The zero-order valence-corrected chi connectivity index (χ0v) is 11.5. The van der Waals surface area contributed by atoms with Gasteiger partial charge in [-0.3, -0.25) is 10.0 Å². The summed E-state index contributed by atoms with van der Waals surface area (Å²) in [6.45, 7) is 2.32. The molecule has 1 aromatic heterocycles. The Balaban J connectivity index is 1.71. The molecular formula is C15H15N2O4+. The molecule has 1 aliphatic rings. The van der Waals surface area contributed by atoms with Crippen molar-refractivity contribution in [2.75, 3.05) is 6.79 Å². The normalized spacial score (nSPS) is 12.2. The minimum Gasteiger partial charge on any atom is -0.454 e. The molecule has 2 aromatic rings. The number of carbonyl (C=O) groups is 1. The Kier molecular flexibility index (Phi) is 3.35. The monoisotopic (exact) mass is 287 g/mol. The van der Waals surface area contributed by atoms with Crippen molar-refractivity contribution in [3.05, 3.63) is 53.3 Å². The smallest absolute Gasteiger partial charge is 0.324 e. The van der Waals surface area contributed by atoms with Crippen molar-refractivity contribution < 1.29 is 24.2 Å². The summed E-state index contributed by atoms with van der Waals surface area (Å²) in [7, 11) is 0. The molecule has 0 fully saturated rings. The van der Waals surface area contributed by atoms with Crippen LogP contribution in [-0.2, 0) is 6.54 Å². The molecule has 3 rings (SSSR count). The molecule has 0 aliphatic carbocycles. The fourth-order valence-corrected chi connectivity index (χ4v) is 2.20. The average Bonchev–Trinajstić information content (AvgIpc) is 2.92. The van der Waals surface area contributed by atoms with E-state index in [-0.39, 0.29) is 18.4 Å². The molecule has 21 heavy (non-hydrogen) atoms. The topological polar surface area (TPSA) is 71.7 Å². The summed E-state index contributed by atoms with van der Waals surface area (Å²) in [4.78, 5) is 12.1. The standard InChI is InChI=1S/C15H14N2O4/c1-10-3-2-6-17(19)14(10)15(18)16-8-11-4-5-12-13(7-11)21-9-20-12/h2-7H,8-9H2,1H3,(H-,16,18,19)/p+1. The number of ether oxygens (including phenoxy) is 2. The molecule has 0 saturated heterocycles. The van der Waals surface area contributed by atoms with Gasteiger partial charge in [0.1, 0.15) is 0 Å². The third-order valence-electron chi connectivity index (χ3n) is 3.28. The maximum atomic E-state index is 12.1. The molecule has 6 nitrogen and oxygen atoms in total. The maximum absolute atomic E-state index is 12.1. The average molecular weight is 287 g/mol. The molecule has 1 aliphatic heterocycles. The summed E-state index contributed by atoms with van der Waals surface area (Å²) in [5, 5.41) is 12.5. The Morgan fingerprint density at radius 2 is 2.14 bits per heavy atom. The van der Waals surface area contributed by atoms with Gasteiger partial charge in [0, 0.05) is 22.9 Å². The van der Waals surface area contributed by atoms with Gasteiger partial charge in [0.25, 0.3) is 0 Å². The molecule has 0 saturated carbocycles. The number of benzene rings is 1. The van der Waals surface area contributed by atoms with Crippen LogP contribution in [0.15, 0.2) is 36.5 Å². The fourth-order valence-electron chi connectivity index (χ4n) is 2.20. The largest absolute Gasteiger partial charge is 0.454 e. The predicted molar refractivity (Wildman–Crippen MR) is 72.3 cm³/mol. The van der Waals surface area contributed by atoms with Crippen LogP contribution >= 0.6 is 0 Å². The minimum atomic E-state index is -0.340. The van der Waals surface area contributed by atoms with Crippen LogP contribution in [0, 0.1) is 6.92 Å². The van der Waals surface area contributed by atoms with Crippen LogP contribution in [0.3, 0.4) is 0 Å². The van der Waals surface area contributed by atoms with Gasteiger partial charge in [0.2, 0.25) is 13.0 Å². The number of amides is 1. The molecular weight excluding hydrogens is 272 g/mol. The minimum absolute atomic E-state index is 0.221. The highest BCUT2D eigenvalue weighted by atomic mass is 16.7. The molecule has 0 spiro atoms. The number of pyridine rings is 1. The first-order chi connectivity index (χ1) is 10.1. The fraction of sp³-hybridized carbons (Fsp3) is 0.200. The van der Waals surface area contributed by atoms with Gasteiger partial charge in [0.05, 0.1) is 0 Å². The van der Waals surface area contributed by atoms with Crippen LogP contribution < -0.4 is 19.5 Å². The van der Waals surface area contributed by atoms with E-state index < -0.39 is 0 Å². The van der Waals surface area contributed by atoms with E-state index in [1.807, 2.05) is 18.2 Å². The lowest BCUT2D eigenvalue weighted by molar-refractivity contribution is -0.906. The van der Waals surface area contributed by atoms with Gasteiger partial charge < -0.3 is 14.8 Å². The van der Waals surface area contributed by atoms with E-state index in [4.69, 9.17) is 9.47 Å². The predicted octanol–water partition coefficient (Wildman–Crippen LogP) is 1.18. The molecule has 0 radical (unpaired) electrons. The second-order valence-electron chi connectivity index (χ2n) is 4.75. The number of nitrogens with one attached hydrogen (secondary N) is 1. The van der Waals surface area contributed by atoms with Gasteiger partial charge in [-0.1, -0.05) is 6.07 Å². The highest BCUT2D eigenvalue weighted by Gasteiger charge is 2.22. The molecule has 108 valence electrons. The van der Waals surface area contributed by atoms with Crippen molar-refractivity contribution in [2.45, 2.75) is 13.5 Å². The summed E-state index contributed by atoms with van der Waals surface area (Å²) in [6.07, 6.45) is 1.42. The van der Waals surface area contributed by atoms with Crippen molar-refractivity contribution in [3.63, 3.8) is 0 Å². The van der Waals surface area contributed by atoms with Crippen molar-refractivity contribution in [1.82, 2.24) is 5.32 Å². The summed E-state index contributed by atoms with van der Waals surface area (Å²) >= 11 is 0. The number of aromatic nitrogens is 1. The first kappa shape index (κ1) is 13.2. The Bertz CT molecular complexity index is 680. The third-order valence-corrected chi connectivity index (χ3v) is 3.28. The molecule has 0 bridgehead atoms. The van der Waals surface area contributed by atoms with E-state index in [1.165, 1.54) is 6.20 Å². The van der Waals surface area contributed by atoms with Crippen LogP contribution in [0.25, 0.3) is 0 Å². The van der Waals surface area contributed by atoms with Crippen molar-refractivity contribution in [1.29, 1.82) is 0 Å². The Morgan fingerprint density at radius 1 is 1.33 bits per heavy atom. The Labute approximate surface area is 121 Å². The van der Waals surface area contributed by atoms with Gasteiger partial charge in [-0.2, -0.15) is 0 Å². The van der Waals surface area contributed by atoms with Gasteiger partial charge >= 0.3 is 11.6 Å². The van der Waals surface area contributed by atoms with Crippen LogP contribution in [0.4, 0.5) is 0 Å². The molecule has 0 atom stereocenters. The van der Waals surface area contributed by atoms with Gasteiger partial charge in [0.15, 0.2) is 11.5 Å². The number of nitrogens with zero attached hydrogens (tertiary/aromatic N) is 1. The van der Waals surface area contributed by atoms with Gasteiger partial charge in [-0.25, -0.2) is 0 Å². The highest BCUT2D eigenvalue weighted by molar-refractivity contribution is 5.92. The van der Waals surface area contributed by atoms with E-state index in [0.29, 0.717) is 23.6 Å². The van der Waals surface area contributed by atoms with E-state index in [0.717, 1.165) is 10.3 Å². The van der Waals surface area contributed by atoms with Crippen LogP contribution in [0.1, 0.15) is 21.6 Å².